The molecule has 166 valence electrons. The van der Waals surface area contributed by atoms with E-state index in [0.717, 1.165) is 22.7 Å². The van der Waals surface area contributed by atoms with Crippen molar-refractivity contribution in [1.29, 1.82) is 0 Å². The third kappa shape index (κ3) is 4.17. The fraction of sp³-hybridized carbons (Fsp3) is 0.136. The smallest absolute Gasteiger partial charge is 0.398 e. The molecule has 10 heteroatoms. The van der Waals surface area contributed by atoms with E-state index in [4.69, 9.17) is 17.3 Å². The maximum Gasteiger partial charge on any atom is 0.414 e. The Hall–Kier alpha value is -3.43. The number of halogens is 4. The van der Waals surface area contributed by atoms with E-state index in [1.54, 1.807) is 18.2 Å². The largest absolute Gasteiger partial charge is 0.414 e. The number of fused-ring (bicyclic) bond motifs is 1. The molecule has 1 heterocycles. The highest BCUT2D eigenvalue weighted by molar-refractivity contribution is 6.22. The fourth-order valence-electron chi connectivity index (χ4n) is 3.49. The minimum Gasteiger partial charge on any atom is -0.398 e. The van der Waals surface area contributed by atoms with E-state index in [0.29, 0.717) is 10.8 Å². The number of amides is 2. The summed E-state index contributed by atoms with van der Waals surface area (Å²) in [4.78, 5) is 12.3. The third-order valence-corrected chi connectivity index (χ3v) is 5.52. The van der Waals surface area contributed by atoms with Crippen LogP contribution in [0.5, 0.6) is 0 Å². The highest BCUT2D eigenvalue weighted by Crippen LogP contribution is 2.35. The van der Waals surface area contributed by atoms with Crippen LogP contribution in [0.4, 0.5) is 29.3 Å². The summed E-state index contributed by atoms with van der Waals surface area (Å²) >= 11 is 5.72. The first-order valence-corrected chi connectivity index (χ1v) is 9.98. The number of urea groups is 1. The van der Waals surface area contributed by atoms with Gasteiger partial charge in [0.05, 0.1) is 22.2 Å². The molecule has 1 aliphatic rings. The number of alkyl halides is 4. The van der Waals surface area contributed by atoms with Crippen molar-refractivity contribution < 1.29 is 23.2 Å². The van der Waals surface area contributed by atoms with Gasteiger partial charge in [0.1, 0.15) is 0 Å². The quantitative estimate of drug-likeness (QED) is 0.208. The topological polar surface area (TPSA) is 83.5 Å². The number of nitrogens with zero attached hydrogens (tertiary/aromatic N) is 2. The monoisotopic (exact) mass is 462 g/mol. The molecule has 1 aliphatic carbocycles. The van der Waals surface area contributed by atoms with Crippen molar-refractivity contribution in [1.82, 2.24) is 9.88 Å². The summed E-state index contributed by atoms with van der Waals surface area (Å²) in [6.45, 7) is 0. The molecule has 2 amide bonds. The Kier molecular flexibility index (Phi) is 5.62. The second-order valence-corrected chi connectivity index (χ2v) is 7.71. The van der Waals surface area contributed by atoms with Crippen LogP contribution in [0.1, 0.15) is 6.42 Å². The first kappa shape index (κ1) is 21.8. The number of aromatic nitrogens is 1. The molecule has 1 unspecified atom stereocenters. The number of hydrogen-bond donors (Lipinski definition) is 3. The number of allylic oxidation sites excluding steroid dienone is 3. The van der Waals surface area contributed by atoms with Gasteiger partial charge in [-0.05, 0) is 55.0 Å². The number of nitrogen functional groups attached to an aromatic ring is 1. The van der Waals surface area contributed by atoms with Crippen molar-refractivity contribution in [2.75, 3.05) is 10.8 Å². The van der Waals surface area contributed by atoms with E-state index >= 15 is 0 Å². The molecule has 0 saturated carbocycles. The highest BCUT2D eigenvalue weighted by atomic mass is 35.5. The normalized spacial score (nSPS) is 16.5. The summed E-state index contributed by atoms with van der Waals surface area (Å²) in [6, 6.07) is 12.8. The number of hydroxylamine groups is 1. The molecular weight excluding hydrogens is 445 g/mol. The zero-order valence-electron chi connectivity index (χ0n) is 16.5. The van der Waals surface area contributed by atoms with Gasteiger partial charge in [-0.3, -0.25) is 5.21 Å². The molecule has 4 N–H and O–H groups in total. The molecule has 1 aromatic heterocycles. The van der Waals surface area contributed by atoms with E-state index in [-0.39, 0.29) is 17.8 Å². The molecule has 2 aromatic carbocycles. The van der Waals surface area contributed by atoms with Crippen LogP contribution in [-0.4, -0.2) is 27.4 Å². The Morgan fingerprint density at radius 1 is 1.19 bits per heavy atom. The molecule has 3 aromatic rings. The number of anilines is 2. The van der Waals surface area contributed by atoms with Gasteiger partial charge >= 0.3 is 12.2 Å². The second-order valence-electron chi connectivity index (χ2n) is 7.18. The van der Waals surface area contributed by atoms with Crippen LogP contribution >= 0.6 is 11.6 Å². The van der Waals surface area contributed by atoms with Crippen LogP contribution in [0.3, 0.4) is 0 Å². The van der Waals surface area contributed by atoms with Crippen molar-refractivity contribution in [2.24, 2.45) is 0 Å². The van der Waals surface area contributed by atoms with Crippen molar-refractivity contribution in [3.63, 3.8) is 0 Å². The molecule has 0 aliphatic heterocycles. The minimum absolute atomic E-state index is 0.0914. The minimum atomic E-state index is -4.61. The maximum absolute atomic E-state index is 13.0. The molecule has 0 fully saturated rings. The van der Waals surface area contributed by atoms with Crippen LogP contribution in [0.15, 0.2) is 78.1 Å². The molecule has 0 radical (unpaired) electrons. The lowest BCUT2D eigenvalue weighted by Gasteiger charge is -2.22. The zero-order chi connectivity index (χ0) is 23.0. The molecule has 0 saturated heterocycles. The summed E-state index contributed by atoms with van der Waals surface area (Å²) in [5.41, 5.74) is 7.39. The van der Waals surface area contributed by atoms with Gasteiger partial charge in [-0.25, -0.2) is 4.79 Å². The number of carbonyl (C=O) groups is 1. The number of nitrogens with two attached hydrogens (primary N) is 1. The molecular formula is C22H18ClF3N4O2. The number of rotatable bonds is 3. The van der Waals surface area contributed by atoms with E-state index in [1.165, 1.54) is 18.2 Å². The SMILES string of the molecule is Nc1cccc2c1ccn2-c1ccc(N(O)C(=O)NC2=CCC(Cl)C(C(F)(F)F)=C2)cc1. The van der Waals surface area contributed by atoms with Crippen molar-refractivity contribution in [3.8, 4) is 5.69 Å². The van der Waals surface area contributed by atoms with Gasteiger partial charge in [0.25, 0.3) is 0 Å². The Morgan fingerprint density at radius 3 is 2.59 bits per heavy atom. The summed E-state index contributed by atoms with van der Waals surface area (Å²) in [5.74, 6) is 0. The van der Waals surface area contributed by atoms with Crippen LogP contribution in [-0.2, 0) is 0 Å². The van der Waals surface area contributed by atoms with Crippen LogP contribution in [0.25, 0.3) is 16.6 Å². The van der Waals surface area contributed by atoms with Crippen molar-refractivity contribution >= 4 is 39.9 Å². The second kappa shape index (κ2) is 8.25. The average Bonchev–Trinajstić information content (AvgIpc) is 3.19. The van der Waals surface area contributed by atoms with Gasteiger partial charge in [-0.1, -0.05) is 12.1 Å². The summed E-state index contributed by atoms with van der Waals surface area (Å²) in [5, 5.41) is 12.5. The summed E-state index contributed by atoms with van der Waals surface area (Å²) < 4.78 is 41.0. The van der Waals surface area contributed by atoms with Crippen LogP contribution < -0.4 is 16.1 Å². The molecule has 6 nitrogen and oxygen atoms in total. The lowest BCUT2D eigenvalue weighted by molar-refractivity contribution is -0.0937. The first-order valence-electron chi connectivity index (χ1n) is 9.54. The maximum atomic E-state index is 13.0. The van der Waals surface area contributed by atoms with Crippen molar-refractivity contribution in [3.05, 3.63) is 78.1 Å². The zero-order valence-corrected chi connectivity index (χ0v) is 17.2. The number of hydrogen-bond acceptors (Lipinski definition) is 3. The van der Waals surface area contributed by atoms with Crippen LogP contribution in [0, 0.1) is 0 Å². The Morgan fingerprint density at radius 2 is 1.91 bits per heavy atom. The molecule has 4 rings (SSSR count). The Labute approximate surface area is 185 Å². The number of benzene rings is 2. The van der Waals surface area contributed by atoms with Gasteiger partial charge in [0, 0.05) is 28.7 Å². The predicted molar refractivity (Wildman–Crippen MR) is 117 cm³/mol. The van der Waals surface area contributed by atoms with E-state index in [9.17, 15) is 23.2 Å². The lowest BCUT2D eigenvalue weighted by Crippen LogP contribution is -2.38. The highest BCUT2D eigenvalue weighted by Gasteiger charge is 2.39. The molecule has 32 heavy (non-hydrogen) atoms. The van der Waals surface area contributed by atoms with Gasteiger partial charge in [-0.15, -0.1) is 11.6 Å². The Balaban J connectivity index is 1.50. The number of nitrogens with one attached hydrogen (secondary N) is 1. The average molecular weight is 463 g/mol. The standard InChI is InChI=1S/C22H18ClF3N4O2/c23-18-9-4-13(12-17(18)22(24,25)26)28-21(31)30(32)15-7-5-14(6-8-15)29-11-10-16-19(27)2-1-3-20(16)29/h1-8,10-12,18,32H,9,27H2,(H,28,31). The summed E-state index contributed by atoms with van der Waals surface area (Å²) in [7, 11) is 0. The van der Waals surface area contributed by atoms with E-state index in [1.807, 2.05) is 29.0 Å². The molecule has 0 bridgehead atoms. The van der Waals surface area contributed by atoms with Gasteiger partial charge in [0.2, 0.25) is 0 Å². The van der Waals surface area contributed by atoms with E-state index in [2.05, 4.69) is 5.32 Å². The molecule has 0 spiro atoms. The van der Waals surface area contributed by atoms with Crippen LogP contribution in [0.2, 0.25) is 0 Å². The third-order valence-electron chi connectivity index (χ3n) is 5.10. The molecule has 1 atom stereocenters. The number of carbonyl (C=O) groups excluding carboxylic acids is 1. The fourth-order valence-corrected chi connectivity index (χ4v) is 3.76. The van der Waals surface area contributed by atoms with Crippen molar-refractivity contribution in [2.45, 2.75) is 18.0 Å². The van der Waals surface area contributed by atoms with Gasteiger partial charge < -0.3 is 15.6 Å². The predicted octanol–water partition coefficient (Wildman–Crippen LogP) is 5.50. The Bertz CT molecular complexity index is 1230. The lowest BCUT2D eigenvalue weighted by atomic mass is 10.0. The van der Waals surface area contributed by atoms with Gasteiger partial charge in [0.15, 0.2) is 0 Å². The van der Waals surface area contributed by atoms with E-state index < -0.39 is 23.2 Å². The van der Waals surface area contributed by atoms with Gasteiger partial charge in [-0.2, -0.15) is 18.2 Å². The summed E-state index contributed by atoms with van der Waals surface area (Å²) in [6.07, 6.45) is -0.732. The first-order chi connectivity index (χ1) is 15.1.